The van der Waals surface area contributed by atoms with Crippen molar-refractivity contribution in [3.05, 3.63) is 30.0 Å². The molecule has 0 radical (unpaired) electrons. The molecule has 0 saturated heterocycles. The molecule has 0 aliphatic carbocycles. The van der Waals surface area contributed by atoms with Gasteiger partial charge in [-0.15, -0.1) is 0 Å². The van der Waals surface area contributed by atoms with Gasteiger partial charge in [0.2, 0.25) is 0 Å². The summed E-state index contributed by atoms with van der Waals surface area (Å²) in [7, 11) is 0. The van der Waals surface area contributed by atoms with Gasteiger partial charge in [0.1, 0.15) is 17.5 Å². The van der Waals surface area contributed by atoms with E-state index in [2.05, 4.69) is 16.8 Å². The normalized spacial score (nSPS) is 16.4. The minimum Gasteiger partial charge on any atom is -0.486 e. The average molecular weight is 330 g/mol. The number of nitrogens with one attached hydrogen (secondary N) is 1. The van der Waals surface area contributed by atoms with Crippen LogP contribution < -0.4 is 10.1 Å². The van der Waals surface area contributed by atoms with Gasteiger partial charge in [0, 0.05) is 18.5 Å². The predicted octanol–water partition coefficient (Wildman–Crippen LogP) is 3.36. The lowest BCUT2D eigenvalue weighted by Gasteiger charge is -2.26. The van der Waals surface area contributed by atoms with E-state index in [0.717, 1.165) is 36.0 Å². The van der Waals surface area contributed by atoms with Gasteiger partial charge in [-0.2, -0.15) is 0 Å². The molecule has 5 heteroatoms. The Morgan fingerprint density at radius 1 is 1.46 bits per heavy atom. The Morgan fingerprint density at radius 3 is 3.04 bits per heavy atom. The van der Waals surface area contributed by atoms with Crippen LogP contribution in [0.2, 0.25) is 0 Å². The first-order valence-electron chi connectivity index (χ1n) is 8.78. The van der Waals surface area contributed by atoms with Crippen LogP contribution in [0.3, 0.4) is 0 Å². The van der Waals surface area contributed by atoms with Crippen molar-refractivity contribution < 1.29 is 14.3 Å². The molecular weight excluding hydrogens is 304 g/mol. The molecule has 2 aromatic rings. The van der Waals surface area contributed by atoms with Crippen LogP contribution in [0.1, 0.15) is 44.1 Å². The van der Waals surface area contributed by atoms with Gasteiger partial charge < -0.3 is 19.4 Å². The van der Waals surface area contributed by atoms with Crippen molar-refractivity contribution in [3.63, 3.8) is 0 Å². The first kappa shape index (κ1) is 16.8. The van der Waals surface area contributed by atoms with Crippen LogP contribution in [0.25, 0.3) is 10.9 Å². The second kappa shape index (κ2) is 7.26. The van der Waals surface area contributed by atoms with Gasteiger partial charge in [-0.25, -0.2) is 0 Å². The van der Waals surface area contributed by atoms with Crippen LogP contribution >= 0.6 is 0 Å². The van der Waals surface area contributed by atoms with Crippen molar-refractivity contribution in [2.24, 2.45) is 0 Å². The molecule has 1 N–H and O–H groups in total. The highest BCUT2D eigenvalue weighted by Crippen LogP contribution is 2.34. The van der Waals surface area contributed by atoms with E-state index in [-0.39, 0.29) is 18.1 Å². The number of aromatic nitrogens is 1. The number of hydrogen-bond donors (Lipinski definition) is 1. The van der Waals surface area contributed by atoms with E-state index in [1.807, 2.05) is 38.1 Å². The Kier molecular flexibility index (Phi) is 5.09. The van der Waals surface area contributed by atoms with Crippen molar-refractivity contribution in [3.8, 4) is 5.75 Å². The molecule has 1 unspecified atom stereocenters. The predicted molar refractivity (Wildman–Crippen MR) is 94.7 cm³/mol. The summed E-state index contributed by atoms with van der Waals surface area (Å²) in [6.45, 7) is 8.13. The molecular formula is C19H26N2O3. The molecule has 1 aliphatic heterocycles. The zero-order chi connectivity index (χ0) is 17.1. The highest BCUT2D eigenvalue weighted by atomic mass is 16.5. The molecule has 2 heterocycles. The van der Waals surface area contributed by atoms with Crippen molar-refractivity contribution in [2.75, 3.05) is 13.2 Å². The van der Waals surface area contributed by atoms with Crippen LogP contribution in [-0.4, -0.2) is 35.8 Å². The molecule has 130 valence electrons. The summed E-state index contributed by atoms with van der Waals surface area (Å²) >= 11 is 0. The third-order valence-corrected chi connectivity index (χ3v) is 4.31. The van der Waals surface area contributed by atoms with Gasteiger partial charge in [0.15, 0.2) is 0 Å². The Hall–Kier alpha value is -2.01. The lowest BCUT2D eigenvalue weighted by molar-refractivity contribution is 0.0755. The van der Waals surface area contributed by atoms with Gasteiger partial charge in [0.25, 0.3) is 5.91 Å². The van der Waals surface area contributed by atoms with Gasteiger partial charge in [-0.1, -0.05) is 19.1 Å². The number of benzene rings is 1. The maximum absolute atomic E-state index is 12.6. The lowest BCUT2D eigenvalue weighted by atomic mass is 10.2. The number of carbonyl (C=O) groups is 1. The second-order valence-corrected chi connectivity index (χ2v) is 6.51. The summed E-state index contributed by atoms with van der Waals surface area (Å²) in [5.41, 5.74) is 1.74. The quantitative estimate of drug-likeness (QED) is 0.792. The van der Waals surface area contributed by atoms with Crippen LogP contribution in [-0.2, 0) is 11.3 Å². The van der Waals surface area contributed by atoms with E-state index in [1.54, 1.807) is 0 Å². The smallest absolute Gasteiger partial charge is 0.267 e. The number of rotatable bonds is 7. The van der Waals surface area contributed by atoms with E-state index in [1.165, 1.54) is 0 Å². The molecule has 0 saturated carbocycles. The highest BCUT2D eigenvalue weighted by Gasteiger charge is 2.25. The SMILES string of the molecule is CCC1Cn2c(C(=O)NCCCOC(C)C)cc3cccc(c32)O1. The zero-order valence-electron chi connectivity index (χ0n) is 14.7. The monoisotopic (exact) mass is 330 g/mol. The number of carbonyl (C=O) groups excluding carboxylic acids is 1. The molecule has 5 nitrogen and oxygen atoms in total. The maximum Gasteiger partial charge on any atom is 0.267 e. The first-order chi connectivity index (χ1) is 11.6. The molecule has 1 aromatic carbocycles. The summed E-state index contributed by atoms with van der Waals surface area (Å²) in [6, 6.07) is 7.94. The van der Waals surface area contributed by atoms with Crippen molar-refractivity contribution in [1.82, 2.24) is 9.88 Å². The molecule has 1 aliphatic rings. The first-order valence-corrected chi connectivity index (χ1v) is 8.78. The summed E-state index contributed by atoms with van der Waals surface area (Å²) in [5, 5.41) is 4.06. The lowest BCUT2D eigenvalue weighted by Crippen LogP contribution is -2.32. The third kappa shape index (κ3) is 3.41. The number of ether oxygens (including phenoxy) is 2. The van der Waals surface area contributed by atoms with E-state index in [4.69, 9.17) is 9.47 Å². The van der Waals surface area contributed by atoms with E-state index in [9.17, 15) is 4.79 Å². The Balaban J connectivity index is 1.73. The highest BCUT2D eigenvalue weighted by molar-refractivity contribution is 6.00. The van der Waals surface area contributed by atoms with Crippen LogP contribution in [0.15, 0.2) is 24.3 Å². The third-order valence-electron chi connectivity index (χ3n) is 4.31. The van der Waals surface area contributed by atoms with Crippen LogP contribution in [0.5, 0.6) is 5.75 Å². The Bertz CT molecular complexity index is 721. The minimum atomic E-state index is -0.0292. The molecule has 1 amide bonds. The average Bonchev–Trinajstić information content (AvgIpc) is 2.94. The fourth-order valence-corrected chi connectivity index (χ4v) is 3.08. The minimum absolute atomic E-state index is 0.0292. The molecule has 1 aromatic heterocycles. The van der Waals surface area contributed by atoms with E-state index in [0.29, 0.717) is 18.8 Å². The van der Waals surface area contributed by atoms with Crippen LogP contribution in [0.4, 0.5) is 0 Å². The number of amides is 1. The van der Waals surface area contributed by atoms with E-state index < -0.39 is 0 Å². The van der Waals surface area contributed by atoms with Gasteiger partial charge in [0.05, 0.1) is 18.2 Å². The fraction of sp³-hybridized carbons (Fsp3) is 0.526. The van der Waals surface area contributed by atoms with Crippen molar-refractivity contribution >= 4 is 16.8 Å². The summed E-state index contributed by atoms with van der Waals surface area (Å²) in [6.07, 6.45) is 2.07. The van der Waals surface area contributed by atoms with Gasteiger partial charge >= 0.3 is 0 Å². The Morgan fingerprint density at radius 2 is 2.29 bits per heavy atom. The number of para-hydroxylation sites is 1. The molecule has 0 spiro atoms. The molecule has 24 heavy (non-hydrogen) atoms. The fourth-order valence-electron chi connectivity index (χ4n) is 3.08. The Labute approximate surface area is 142 Å². The zero-order valence-corrected chi connectivity index (χ0v) is 14.7. The largest absolute Gasteiger partial charge is 0.486 e. The summed E-state index contributed by atoms with van der Waals surface area (Å²) in [5.74, 6) is 0.841. The van der Waals surface area contributed by atoms with Crippen LogP contribution in [0, 0.1) is 0 Å². The standard InChI is InChI=1S/C19H26N2O3/c1-4-15-12-21-16(19(22)20-9-6-10-23-13(2)3)11-14-7-5-8-17(24-15)18(14)21/h5,7-8,11,13,15H,4,6,9-10,12H2,1-3H3,(H,20,22). The van der Waals surface area contributed by atoms with Gasteiger partial charge in [-0.3, -0.25) is 4.79 Å². The molecule has 1 atom stereocenters. The molecule has 3 rings (SSSR count). The van der Waals surface area contributed by atoms with E-state index >= 15 is 0 Å². The summed E-state index contributed by atoms with van der Waals surface area (Å²) < 4.78 is 13.6. The van der Waals surface area contributed by atoms with Crippen molar-refractivity contribution in [1.29, 1.82) is 0 Å². The molecule has 0 fully saturated rings. The summed E-state index contributed by atoms with van der Waals surface area (Å²) in [4.78, 5) is 12.6. The van der Waals surface area contributed by atoms with Gasteiger partial charge in [-0.05, 0) is 38.8 Å². The number of hydrogen-bond acceptors (Lipinski definition) is 3. The van der Waals surface area contributed by atoms with Crippen molar-refractivity contribution in [2.45, 2.75) is 52.4 Å². The second-order valence-electron chi connectivity index (χ2n) is 6.51. The number of nitrogens with zero attached hydrogens (tertiary/aromatic N) is 1. The molecule has 0 bridgehead atoms. The maximum atomic E-state index is 12.6. The topological polar surface area (TPSA) is 52.5 Å².